The normalized spacial score (nSPS) is 15.7. The second-order valence-electron chi connectivity index (χ2n) is 6.66. The van der Waals surface area contributed by atoms with Gasteiger partial charge in [0.1, 0.15) is 11.5 Å². The van der Waals surface area contributed by atoms with Crippen LogP contribution in [0.15, 0.2) is 91.5 Å². The number of carbonyl (C=O) groups excluding carboxylic acids is 1. The number of para-hydroxylation sites is 1. The van der Waals surface area contributed by atoms with Crippen LogP contribution in [0.5, 0.6) is 11.5 Å². The Hall–Kier alpha value is -3.33. The molecule has 0 radical (unpaired) electrons. The highest BCUT2D eigenvalue weighted by atomic mass is 16.5. The van der Waals surface area contributed by atoms with Crippen LogP contribution >= 0.6 is 0 Å². The molecule has 0 saturated heterocycles. The third-order valence-corrected chi connectivity index (χ3v) is 4.92. The largest absolute Gasteiger partial charge is 0.457 e. The molecule has 4 rings (SSSR count). The molecule has 3 aromatic carbocycles. The number of hydrogen-bond acceptors (Lipinski definition) is 2. The molecule has 0 saturated carbocycles. The predicted octanol–water partition coefficient (Wildman–Crippen LogP) is 5.14. The maximum atomic E-state index is 12.2. The molecule has 0 aliphatic carbocycles. The fourth-order valence-corrected chi connectivity index (χ4v) is 3.59. The maximum Gasteiger partial charge on any atom is 0.246 e. The summed E-state index contributed by atoms with van der Waals surface area (Å²) < 4.78 is 6.03. The van der Waals surface area contributed by atoms with E-state index in [0.29, 0.717) is 13.1 Å². The van der Waals surface area contributed by atoms with Gasteiger partial charge in [-0.1, -0.05) is 61.2 Å². The van der Waals surface area contributed by atoms with Crippen molar-refractivity contribution in [2.75, 3.05) is 6.54 Å². The van der Waals surface area contributed by atoms with E-state index in [0.717, 1.165) is 17.1 Å². The monoisotopic (exact) mass is 355 g/mol. The van der Waals surface area contributed by atoms with Crippen molar-refractivity contribution < 1.29 is 9.53 Å². The lowest BCUT2D eigenvalue weighted by molar-refractivity contribution is -0.127. The maximum absolute atomic E-state index is 12.2. The van der Waals surface area contributed by atoms with Gasteiger partial charge in [0, 0.05) is 19.0 Å². The third kappa shape index (κ3) is 3.63. The van der Waals surface area contributed by atoms with E-state index in [1.165, 1.54) is 17.2 Å². The van der Waals surface area contributed by atoms with Gasteiger partial charge in [0.2, 0.25) is 5.91 Å². The number of hydrogen-bond donors (Lipinski definition) is 0. The van der Waals surface area contributed by atoms with Crippen LogP contribution in [0.3, 0.4) is 0 Å². The van der Waals surface area contributed by atoms with Crippen LogP contribution in [0.25, 0.3) is 0 Å². The van der Waals surface area contributed by atoms with E-state index >= 15 is 0 Å². The number of fused-ring (bicyclic) bond motifs is 1. The van der Waals surface area contributed by atoms with Crippen molar-refractivity contribution in [1.29, 1.82) is 0 Å². The van der Waals surface area contributed by atoms with Crippen LogP contribution < -0.4 is 4.74 Å². The first-order chi connectivity index (χ1) is 13.2. The molecule has 0 spiro atoms. The van der Waals surface area contributed by atoms with Gasteiger partial charge in [0.15, 0.2) is 0 Å². The summed E-state index contributed by atoms with van der Waals surface area (Å²) in [6.45, 7) is 4.87. The first-order valence-corrected chi connectivity index (χ1v) is 9.06. The molecular formula is C24H21NO2. The fraction of sp³-hybridized carbons (Fsp3) is 0.125. The first kappa shape index (κ1) is 17.1. The lowest BCUT2D eigenvalue weighted by Gasteiger charge is -2.34. The molecular weight excluding hydrogens is 334 g/mol. The minimum absolute atomic E-state index is 0.0359. The van der Waals surface area contributed by atoms with Crippen LogP contribution in [-0.4, -0.2) is 17.4 Å². The van der Waals surface area contributed by atoms with Gasteiger partial charge in [-0.2, -0.15) is 0 Å². The average Bonchev–Trinajstić information content (AvgIpc) is 2.74. The van der Waals surface area contributed by atoms with Gasteiger partial charge in [-0.3, -0.25) is 4.79 Å². The van der Waals surface area contributed by atoms with Crippen molar-refractivity contribution in [3.8, 4) is 11.5 Å². The molecule has 1 heterocycles. The van der Waals surface area contributed by atoms with Crippen molar-refractivity contribution in [2.45, 2.75) is 12.5 Å². The molecule has 0 bridgehead atoms. The van der Waals surface area contributed by atoms with Gasteiger partial charge in [0.05, 0.1) is 0 Å². The zero-order valence-corrected chi connectivity index (χ0v) is 15.0. The Labute approximate surface area is 159 Å². The van der Waals surface area contributed by atoms with E-state index in [1.54, 1.807) is 0 Å². The highest BCUT2D eigenvalue weighted by Gasteiger charge is 2.28. The van der Waals surface area contributed by atoms with Crippen molar-refractivity contribution in [3.05, 3.63) is 108 Å². The first-order valence-electron chi connectivity index (χ1n) is 9.06. The molecule has 0 fully saturated rings. The number of amides is 1. The number of carbonyl (C=O) groups is 1. The molecule has 0 aromatic heterocycles. The molecule has 1 aliphatic rings. The zero-order chi connectivity index (χ0) is 18.6. The van der Waals surface area contributed by atoms with Crippen LogP contribution in [0.1, 0.15) is 22.6 Å². The molecule has 3 aromatic rings. The van der Waals surface area contributed by atoms with Gasteiger partial charge in [-0.05, 0) is 47.0 Å². The Kier molecular flexibility index (Phi) is 4.75. The summed E-state index contributed by atoms with van der Waals surface area (Å²) in [5.41, 5.74) is 3.55. The standard InChI is InChI=1S/C24H21NO2/c1-2-24(26)25-16-19-13-14-21(27-20-11-7-4-8-12-20)15-22(19)23(17-25)18-9-5-3-6-10-18/h2-15,23H,1,16-17H2/t23-/m1/s1. The molecule has 1 atom stereocenters. The SMILES string of the molecule is C=CC(=O)N1Cc2ccc(Oc3ccccc3)cc2[C@@H](c2ccccc2)C1. The fourth-order valence-electron chi connectivity index (χ4n) is 3.59. The summed E-state index contributed by atoms with van der Waals surface area (Å²) in [5.74, 6) is 1.70. The van der Waals surface area contributed by atoms with E-state index < -0.39 is 0 Å². The summed E-state index contributed by atoms with van der Waals surface area (Å²) in [7, 11) is 0. The number of benzene rings is 3. The highest BCUT2D eigenvalue weighted by Crippen LogP contribution is 2.36. The number of rotatable bonds is 4. The van der Waals surface area contributed by atoms with E-state index in [9.17, 15) is 4.79 Å². The minimum atomic E-state index is -0.0359. The Morgan fingerprint density at radius 1 is 0.963 bits per heavy atom. The average molecular weight is 355 g/mol. The van der Waals surface area contributed by atoms with Crippen molar-refractivity contribution >= 4 is 5.91 Å². The highest BCUT2D eigenvalue weighted by molar-refractivity contribution is 5.87. The summed E-state index contributed by atoms with van der Waals surface area (Å²) >= 11 is 0. The Morgan fingerprint density at radius 3 is 2.37 bits per heavy atom. The summed E-state index contributed by atoms with van der Waals surface area (Å²) in [6.07, 6.45) is 1.39. The van der Waals surface area contributed by atoms with Crippen molar-refractivity contribution in [1.82, 2.24) is 4.90 Å². The van der Waals surface area contributed by atoms with Crippen LogP contribution in [0.4, 0.5) is 0 Å². The van der Waals surface area contributed by atoms with Crippen LogP contribution in [-0.2, 0) is 11.3 Å². The third-order valence-electron chi connectivity index (χ3n) is 4.92. The molecule has 1 amide bonds. The summed E-state index contributed by atoms with van der Waals surface area (Å²) in [4.78, 5) is 14.1. The van der Waals surface area contributed by atoms with Gasteiger partial charge >= 0.3 is 0 Å². The van der Waals surface area contributed by atoms with Gasteiger partial charge in [-0.25, -0.2) is 0 Å². The lowest BCUT2D eigenvalue weighted by Crippen LogP contribution is -2.37. The lowest BCUT2D eigenvalue weighted by atomic mass is 9.84. The topological polar surface area (TPSA) is 29.5 Å². The molecule has 1 aliphatic heterocycles. The minimum Gasteiger partial charge on any atom is -0.457 e. The predicted molar refractivity (Wildman–Crippen MR) is 107 cm³/mol. The smallest absolute Gasteiger partial charge is 0.246 e. The van der Waals surface area contributed by atoms with Gasteiger partial charge in [0.25, 0.3) is 0 Å². The zero-order valence-electron chi connectivity index (χ0n) is 15.0. The summed E-state index contributed by atoms with van der Waals surface area (Å²) in [6, 6.07) is 26.2. The number of nitrogens with zero attached hydrogens (tertiary/aromatic N) is 1. The quantitative estimate of drug-likeness (QED) is 0.607. The van der Waals surface area contributed by atoms with Crippen LogP contribution in [0.2, 0.25) is 0 Å². The second kappa shape index (κ2) is 7.50. The van der Waals surface area contributed by atoms with E-state index in [4.69, 9.17) is 4.74 Å². The van der Waals surface area contributed by atoms with Crippen molar-refractivity contribution in [3.63, 3.8) is 0 Å². The Balaban J connectivity index is 1.72. The van der Waals surface area contributed by atoms with Crippen molar-refractivity contribution in [2.24, 2.45) is 0 Å². The molecule has 3 nitrogen and oxygen atoms in total. The molecule has 0 unspecified atom stereocenters. The van der Waals surface area contributed by atoms with Crippen LogP contribution in [0, 0.1) is 0 Å². The molecule has 27 heavy (non-hydrogen) atoms. The molecule has 0 N–H and O–H groups in total. The molecule has 3 heteroatoms. The van der Waals surface area contributed by atoms with Gasteiger partial charge in [-0.15, -0.1) is 0 Å². The number of ether oxygens (including phenoxy) is 1. The Morgan fingerprint density at radius 2 is 1.67 bits per heavy atom. The summed E-state index contributed by atoms with van der Waals surface area (Å²) in [5, 5.41) is 0. The van der Waals surface area contributed by atoms with Gasteiger partial charge < -0.3 is 9.64 Å². The Bertz CT molecular complexity index is 951. The van der Waals surface area contributed by atoms with E-state index in [-0.39, 0.29) is 11.8 Å². The van der Waals surface area contributed by atoms with E-state index in [2.05, 4.69) is 30.8 Å². The second-order valence-corrected chi connectivity index (χ2v) is 6.66. The molecule has 134 valence electrons. The van der Waals surface area contributed by atoms with E-state index in [1.807, 2.05) is 59.5 Å².